The molecule has 7 nitrogen and oxygen atoms in total. The largest absolute Gasteiger partial charge is 0.493 e. The van der Waals surface area contributed by atoms with Crippen molar-refractivity contribution in [1.29, 1.82) is 0 Å². The van der Waals surface area contributed by atoms with E-state index in [0.717, 1.165) is 0 Å². The average molecular weight is 495 g/mol. The van der Waals surface area contributed by atoms with Gasteiger partial charge in [-0.2, -0.15) is 0 Å². The summed E-state index contributed by atoms with van der Waals surface area (Å²) in [6.45, 7) is 4.02. The van der Waals surface area contributed by atoms with Crippen LogP contribution >= 0.6 is 27.5 Å². The van der Waals surface area contributed by atoms with E-state index in [1.54, 1.807) is 43.3 Å². The molecular weight excluding hydrogens is 474 g/mol. The second-order valence-corrected chi connectivity index (χ2v) is 7.78. The Morgan fingerprint density at radius 3 is 2.70 bits per heavy atom. The summed E-state index contributed by atoms with van der Waals surface area (Å²) in [7, 11) is 1.53. The maximum absolute atomic E-state index is 13.1. The van der Waals surface area contributed by atoms with Gasteiger partial charge in [0.2, 0.25) is 0 Å². The van der Waals surface area contributed by atoms with Gasteiger partial charge in [-0.1, -0.05) is 33.6 Å². The summed E-state index contributed by atoms with van der Waals surface area (Å²) >= 11 is 9.55. The molecule has 0 aromatic heterocycles. The minimum Gasteiger partial charge on any atom is -0.493 e. The van der Waals surface area contributed by atoms with Gasteiger partial charge in [-0.05, 0) is 49.7 Å². The Labute approximate surface area is 187 Å². The molecule has 1 heterocycles. The lowest BCUT2D eigenvalue weighted by atomic mass is 9.94. The first kappa shape index (κ1) is 22.0. The average Bonchev–Trinajstić information content (AvgIpc) is 2.67. The zero-order valence-electron chi connectivity index (χ0n) is 16.6. The highest BCUT2D eigenvalue weighted by atomic mass is 79.9. The molecule has 0 saturated heterocycles. The van der Waals surface area contributed by atoms with Crippen molar-refractivity contribution in [2.45, 2.75) is 19.9 Å². The molecule has 1 aliphatic heterocycles. The van der Waals surface area contributed by atoms with Crippen LogP contribution in [0.5, 0.6) is 11.5 Å². The zero-order chi connectivity index (χ0) is 21.8. The van der Waals surface area contributed by atoms with Crippen molar-refractivity contribution in [3.63, 3.8) is 0 Å². The molecule has 0 bridgehead atoms. The Bertz CT molecular complexity index is 1030. The number of hydrogen-bond donors (Lipinski definition) is 3. The molecule has 158 valence electrons. The van der Waals surface area contributed by atoms with Gasteiger partial charge in [0, 0.05) is 20.9 Å². The minimum atomic E-state index is -0.711. The van der Waals surface area contributed by atoms with Crippen molar-refractivity contribution in [2.75, 3.05) is 19.0 Å². The van der Waals surface area contributed by atoms with Gasteiger partial charge in [-0.25, -0.2) is 4.79 Å². The Morgan fingerprint density at radius 2 is 2.03 bits per heavy atom. The number of urea groups is 1. The number of hydrogen-bond acceptors (Lipinski definition) is 4. The molecule has 3 amide bonds. The van der Waals surface area contributed by atoms with Gasteiger partial charge >= 0.3 is 6.03 Å². The molecule has 2 aromatic carbocycles. The topological polar surface area (TPSA) is 88.7 Å². The summed E-state index contributed by atoms with van der Waals surface area (Å²) in [5, 5.41) is 8.81. The summed E-state index contributed by atoms with van der Waals surface area (Å²) in [4.78, 5) is 25.3. The Morgan fingerprint density at radius 1 is 1.27 bits per heavy atom. The standard InChI is InChI=1S/C21H21BrClN3O4/c1-4-30-17-10-15(22)14(9-16(17)29-3)19-18(11(2)24-21(28)26-19)20(27)25-13-7-5-6-12(23)8-13/h5-10,19H,4H2,1-3H3,(H,25,27)(H2,24,26,28). The summed E-state index contributed by atoms with van der Waals surface area (Å²) < 4.78 is 11.7. The number of anilines is 1. The van der Waals surface area contributed by atoms with Gasteiger partial charge in [0.15, 0.2) is 11.5 Å². The van der Waals surface area contributed by atoms with E-state index >= 15 is 0 Å². The number of halogens is 2. The van der Waals surface area contributed by atoms with Crippen LogP contribution in [0.3, 0.4) is 0 Å². The molecule has 3 N–H and O–H groups in total. The van der Waals surface area contributed by atoms with Crippen molar-refractivity contribution < 1.29 is 19.1 Å². The smallest absolute Gasteiger partial charge is 0.319 e. The second kappa shape index (κ2) is 9.40. The van der Waals surface area contributed by atoms with Crippen LogP contribution in [-0.2, 0) is 4.79 Å². The third kappa shape index (κ3) is 4.71. The van der Waals surface area contributed by atoms with Crippen LogP contribution in [0.2, 0.25) is 5.02 Å². The highest BCUT2D eigenvalue weighted by molar-refractivity contribution is 9.10. The van der Waals surface area contributed by atoms with E-state index in [-0.39, 0.29) is 5.91 Å². The van der Waals surface area contributed by atoms with Gasteiger partial charge in [-0.15, -0.1) is 0 Å². The molecule has 0 radical (unpaired) electrons. The lowest BCUT2D eigenvalue weighted by Crippen LogP contribution is -2.46. The van der Waals surface area contributed by atoms with E-state index in [1.807, 2.05) is 6.92 Å². The monoisotopic (exact) mass is 493 g/mol. The summed E-state index contributed by atoms with van der Waals surface area (Å²) in [5.74, 6) is 0.684. The number of carbonyl (C=O) groups excluding carboxylic acids is 2. The first-order valence-electron chi connectivity index (χ1n) is 9.19. The Kier molecular flexibility index (Phi) is 6.89. The molecule has 0 fully saturated rings. The van der Waals surface area contributed by atoms with Gasteiger partial charge < -0.3 is 25.4 Å². The first-order chi connectivity index (χ1) is 14.3. The van der Waals surface area contributed by atoms with Crippen molar-refractivity contribution >= 4 is 45.2 Å². The molecule has 1 atom stereocenters. The first-order valence-corrected chi connectivity index (χ1v) is 10.4. The van der Waals surface area contributed by atoms with Crippen LogP contribution < -0.4 is 25.4 Å². The number of rotatable bonds is 6. The number of ether oxygens (including phenoxy) is 2. The lowest BCUT2D eigenvalue weighted by molar-refractivity contribution is -0.113. The normalized spacial score (nSPS) is 15.9. The molecular formula is C21H21BrClN3O4. The molecule has 2 aromatic rings. The predicted octanol–water partition coefficient (Wildman–Crippen LogP) is 4.78. The molecule has 1 unspecified atom stereocenters. The fourth-order valence-electron chi connectivity index (χ4n) is 3.19. The van der Waals surface area contributed by atoms with Crippen LogP contribution in [0.15, 0.2) is 52.1 Å². The van der Waals surface area contributed by atoms with E-state index in [1.165, 1.54) is 7.11 Å². The highest BCUT2D eigenvalue weighted by Crippen LogP contribution is 2.39. The third-order valence-electron chi connectivity index (χ3n) is 4.49. The SMILES string of the molecule is CCOc1cc(Br)c(C2NC(=O)NC(C)=C2C(=O)Nc2cccc(Cl)c2)cc1OC. The number of amides is 3. The summed E-state index contributed by atoms with van der Waals surface area (Å²) in [6.07, 6.45) is 0. The van der Waals surface area contributed by atoms with Crippen LogP contribution in [0.1, 0.15) is 25.5 Å². The number of carbonyl (C=O) groups is 2. The molecule has 9 heteroatoms. The maximum Gasteiger partial charge on any atom is 0.319 e. The van der Waals surface area contributed by atoms with E-state index in [9.17, 15) is 9.59 Å². The second-order valence-electron chi connectivity index (χ2n) is 6.49. The third-order valence-corrected chi connectivity index (χ3v) is 5.41. The molecule has 1 aliphatic rings. The predicted molar refractivity (Wildman–Crippen MR) is 119 cm³/mol. The van der Waals surface area contributed by atoms with Gasteiger partial charge in [-0.3, -0.25) is 4.79 Å². The zero-order valence-corrected chi connectivity index (χ0v) is 19.0. The lowest BCUT2D eigenvalue weighted by Gasteiger charge is -2.29. The number of allylic oxidation sites excluding steroid dienone is 1. The Hall–Kier alpha value is -2.71. The van der Waals surface area contributed by atoms with Crippen LogP contribution in [0.25, 0.3) is 0 Å². The summed E-state index contributed by atoms with van der Waals surface area (Å²) in [5.41, 5.74) is 2.01. The molecule has 0 aliphatic carbocycles. The molecule has 3 rings (SSSR count). The number of nitrogens with one attached hydrogen (secondary N) is 3. The van der Waals surface area contributed by atoms with Crippen molar-refractivity contribution in [3.05, 3.63) is 62.7 Å². The molecule has 30 heavy (non-hydrogen) atoms. The fraction of sp³-hybridized carbons (Fsp3) is 0.238. The van der Waals surface area contributed by atoms with Gasteiger partial charge in [0.25, 0.3) is 5.91 Å². The van der Waals surface area contributed by atoms with E-state index in [4.69, 9.17) is 21.1 Å². The minimum absolute atomic E-state index is 0.362. The molecule has 0 spiro atoms. The number of methoxy groups -OCH3 is 1. The maximum atomic E-state index is 13.1. The van der Waals surface area contributed by atoms with E-state index in [0.29, 0.717) is 50.1 Å². The van der Waals surface area contributed by atoms with E-state index < -0.39 is 12.1 Å². The Balaban J connectivity index is 2.02. The summed E-state index contributed by atoms with van der Waals surface area (Å²) in [6, 6.07) is 9.23. The van der Waals surface area contributed by atoms with Crippen molar-refractivity contribution in [1.82, 2.24) is 10.6 Å². The number of benzene rings is 2. The fourth-order valence-corrected chi connectivity index (χ4v) is 3.93. The van der Waals surface area contributed by atoms with E-state index in [2.05, 4.69) is 31.9 Å². The van der Waals surface area contributed by atoms with Gasteiger partial charge in [0.1, 0.15) is 0 Å². The molecule has 0 saturated carbocycles. The van der Waals surface area contributed by atoms with Gasteiger partial charge in [0.05, 0.1) is 25.3 Å². The highest BCUT2D eigenvalue weighted by Gasteiger charge is 2.33. The van der Waals surface area contributed by atoms with Crippen molar-refractivity contribution in [3.8, 4) is 11.5 Å². The van der Waals surface area contributed by atoms with Crippen LogP contribution in [0.4, 0.5) is 10.5 Å². The van der Waals surface area contributed by atoms with Crippen LogP contribution in [0, 0.1) is 0 Å². The van der Waals surface area contributed by atoms with Crippen molar-refractivity contribution in [2.24, 2.45) is 0 Å². The quantitative estimate of drug-likeness (QED) is 0.539. The van der Waals surface area contributed by atoms with Crippen LogP contribution in [-0.4, -0.2) is 25.7 Å².